The van der Waals surface area contributed by atoms with Gasteiger partial charge in [-0.25, -0.2) is 13.4 Å². The van der Waals surface area contributed by atoms with Crippen LogP contribution in [0.25, 0.3) is 17.2 Å². The molecule has 0 unspecified atom stereocenters. The number of hydrogen-bond donors (Lipinski definition) is 0. The van der Waals surface area contributed by atoms with Gasteiger partial charge in [-0.05, 0) is 25.1 Å². The fourth-order valence-electron chi connectivity index (χ4n) is 3.93. The van der Waals surface area contributed by atoms with E-state index < -0.39 is 21.0 Å². The molecule has 13 heteroatoms. The number of aryl methyl sites for hydroxylation is 1. The molecular weight excluding hydrogens is 498 g/mol. The van der Waals surface area contributed by atoms with Gasteiger partial charge in [-0.3, -0.25) is 14.2 Å². The van der Waals surface area contributed by atoms with Crippen LogP contribution in [0.5, 0.6) is 17.4 Å². The normalized spacial score (nSPS) is 13.2. The molecule has 0 fully saturated rings. The van der Waals surface area contributed by atoms with E-state index in [-0.39, 0.29) is 11.6 Å². The molecule has 0 N–H and O–H groups in total. The predicted octanol–water partition coefficient (Wildman–Crippen LogP) is 2.59. The van der Waals surface area contributed by atoms with E-state index in [0.29, 0.717) is 40.3 Å². The third-order valence-corrected chi connectivity index (χ3v) is 8.42. The molecule has 4 rings (SSSR count). The molecule has 3 heterocycles. The smallest absolute Gasteiger partial charge is 0.231 e. The van der Waals surface area contributed by atoms with Crippen molar-refractivity contribution in [1.82, 2.24) is 34.5 Å². The monoisotopic (exact) mass is 527 g/mol. The fourth-order valence-corrected chi connectivity index (χ4v) is 5.50. The average Bonchev–Trinajstić information content (AvgIpc) is 3.52. The van der Waals surface area contributed by atoms with Crippen molar-refractivity contribution in [2.24, 2.45) is 7.05 Å². The van der Waals surface area contributed by atoms with Crippen molar-refractivity contribution >= 4 is 9.84 Å². The van der Waals surface area contributed by atoms with Crippen molar-refractivity contribution in [2.45, 2.75) is 30.8 Å². The second kappa shape index (κ2) is 10.5. The van der Waals surface area contributed by atoms with Crippen LogP contribution in [-0.4, -0.2) is 69.5 Å². The maximum Gasteiger partial charge on any atom is 0.231 e. The molecule has 0 bridgehead atoms. The quantitative estimate of drug-likeness (QED) is 0.303. The highest BCUT2D eigenvalue weighted by atomic mass is 32.2. The number of ether oxygens (including phenoxy) is 3. The highest BCUT2D eigenvalue weighted by Crippen LogP contribution is 2.37. The summed E-state index contributed by atoms with van der Waals surface area (Å²) < 4.78 is 46.8. The Morgan fingerprint density at radius 3 is 2.19 bits per heavy atom. The topological polar surface area (TPSA) is 136 Å². The van der Waals surface area contributed by atoms with E-state index in [0.717, 1.165) is 0 Å². The van der Waals surface area contributed by atoms with Gasteiger partial charge in [0.15, 0.2) is 21.5 Å². The van der Waals surface area contributed by atoms with Gasteiger partial charge in [-0.15, -0.1) is 10.2 Å². The number of nitrogens with zero attached hydrogens (tertiary/aromatic N) is 7. The van der Waals surface area contributed by atoms with Gasteiger partial charge in [0, 0.05) is 19.2 Å². The van der Waals surface area contributed by atoms with E-state index in [1.165, 1.54) is 33.7 Å². The Kier molecular flexibility index (Phi) is 7.43. The summed E-state index contributed by atoms with van der Waals surface area (Å²) in [4.78, 5) is 8.47. The molecule has 0 saturated carbocycles. The molecule has 1 aromatic carbocycles. The lowest BCUT2D eigenvalue weighted by molar-refractivity contribution is 0.390. The van der Waals surface area contributed by atoms with Crippen LogP contribution in [-0.2, 0) is 22.6 Å². The first-order valence-electron chi connectivity index (χ1n) is 11.4. The molecule has 37 heavy (non-hydrogen) atoms. The number of methoxy groups -OCH3 is 3. The Labute approximate surface area is 215 Å². The van der Waals surface area contributed by atoms with Gasteiger partial charge in [0.1, 0.15) is 28.6 Å². The third-order valence-electron chi connectivity index (χ3n) is 6.22. The van der Waals surface area contributed by atoms with Crippen LogP contribution in [0, 0.1) is 0 Å². The van der Waals surface area contributed by atoms with E-state index in [4.69, 9.17) is 14.2 Å². The van der Waals surface area contributed by atoms with Crippen LogP contribution in [0.1, 0.15) is 31.3 Å². The Bertz CT molecular complexity index is 1460. The van der Waals surface area contributed by atoms with Crippen molar-refractivity contribution in [3.63, 3.8) is 0 Å². The second-order valence-electron chi connectivity index (χ2n) is 8.45. The lowest BCUT2D eigenvalue weighted by Crippen LogP contribution is -2.27. The van der Waals surface area contributed by atoms with E-state index in [2.05, 4.69) is 25.3 Å². The molecule has 0 aliphatic carbocycles. The fraction of sp³-hybridized carbons (Fsp3) is 0.375. The molecule has 4 aromatic rings. The van der Waals surface area contributed by atoms with Crippen LogP contribution < -0.4 is 14.2 Å². The summed E-state index contributed by atoms with van der Waals surface area (Å²) in [5.41, 5.74) is 1.53. The minimum absolute atomic E-state index is 0.198. The van der Waals surface area contributed by atoms with E-state index in [9.17, 15) is 8.42 Å². The first-order valence-corrected chi connectivity index (χ1v) is 13.1. The van der Waals surface area contributed by atoms with Crippen LogP contribution in [0.4, 0.5) is 0 Å². The molecule has 0 spiro atoms. The van der Waals surface area contributed by atoms with E-state index >= 15 is 0 Å². The van der Waals surface area contributed by atoms with Gasteiger partial charge in [-0.1, -0.05) is 13.0 Å². The first-order chi connectivity index (χ1) is 17.7. The highest BCUT2D eigenvalue weighted by molar-refractivity contribution is 7.91. The van der Waals surface area contributed by atoms with E-state index in [1.807, 2.05) is 0 Å². The summed E-state index contributed by atoms with van der Waals surface area (Å²) in [6.07, 6.45) is 4.76. The molecule has 12 nitrogen and oxygen atoms in total. The van der Waals surface area contributed by atoms with Gasteiger partial charge in [0.25, 0.3) is 0 Å². The lowest BCUT2D eigenvalue weighted by atomic mass is 10.1. The number of rotatable bonds is 10. The molecule has 0 radical (unpaired) electrons. The number of aromatic nitrogens is 7. The third kappa shape index (κ3) is 5.12. The molecule has 0 aliphatic rings. The molecule has 0 aliphatic heterocycles. The first kappa shape index (κ1) is 26.1. The van der Waals surface area contributed by atoms with Gasteiger partial charge < -0.3 is 14.2 Å². The van der Waals surface area contributed by atoms with Crippen molar-refractivity contribution in [1.29, 1.82) is 0 Å². The standard InChI is InChI=1S/C24H29N7O5S/c1-15(18-12-26-22(36-6)13-25-18)16(2)37(32,33)14-21-27-28-24(17-10-11-30(3)29-17)31(21)23-19(34-4)8-7-9-20(23)35-5/h7-13,15-16H,14H2,1-6H3/t15-,16-/m1/s1. The van der Waals surface area contributed by atoms with Crippen LogP contribution in [0.2, 0.25) is 0 Å². The Balaban J connectivity index is 1.79. The maximum absolute atomic E-state index is 13.6. The van der Waals surface area contributed by atoms with Gasteiger partial charge in [0.05, 0.1) is 44.7 Å². The zero-order valence-corrected chi connectivity index (χ0v) is 22.3. The van der Waals surface area contributed by atoms with E-state index in [1.54, 1.807) is 60.6 Å². The summed E-state index contributed by atoms with van der Waals surface area (Å²) in [5, 5.41) is 12.2. The van der Waals surface area contributed by atoms with Gasteiger partial charge in [-0.2, -0.15) is 5.10 Å². The largest absolute Gasteiger partial charge is 0.494 e. The predicted molar refractivity (Wildman–Crippen MR) is 136 cm³/mol. The van der Waals surface area contributed by atoms with Gasteiger partial charge in [0.2, 0.25) is 5.88 Å². The molecule has 0 saturated heterocycles. The SMILES string of the molecule is COc1cnc([C@H](C)[C@@H](C)S(=O)(=O)Cc2nnc(-c3ccn(C)n3)n2-c2c(OC)cccc2OC)cn1. The van der Waals surface area contributed by atoms with Crippen LogP contribution in [0.15, 0.2) is 42.9 Å². The summed E-state index contributed by atoms with van der Waals surface area (Å²) in [7, 11) is 2.59. The average molecular weight is 528 g/mol. The Morgan fingerprint density at radius 1 is 0.946 bits per heavy atom. The number of sulfone groups is 1. The number of para-hydroxylation sites is 1. The molecular formula is C24H29N7O5S. The Morgan fingerprint density at radius 2 is 1.65 bits per heavy atom. The minimum Gasteiger partial charge on any atom is -0.494 e. The lowest BCUT2D eigenvalue weighted by Gasteiger charge is -2.21. The zero-order valence-electron chi connectivity index (χ0n) is 21.5. The van der Waals surface area contributed by atoms with Crippen molar-refractivity contribution < 1.29 is 22.6 Å². The Hall–Kier alpha value is -4.00. The zero-order chi connectivity index (χ0) is 26.7. The van der Waals surface area contributed by atoms with Crippen molar-refractivity contribution in [3.8, 4) is 34.6 Å². The van der Waals surface area contributed by atoms with Gasteiger partial charge >= 0.3 is 0 Å². The van der Waals surface area contributed by atoms with Crippen LogP contribution >= 0.6 is 0 Å². The van der Waals surface area contributed by atoms with Crippen LogP contribution in [0.3, 0.4) is 0 Å². The molecule has 2 atom stereocenters. The number of hydrogen-bond acceptors (Lipinski definition) is 10. The summed E-state index contributed by atoms with van der Waals surface area (Å²) in [6, 6.07) is 7.06. The van der Waals surface area contributed by atoms with Crippen molar-refractivity contribution in [2.75, 3.05) is 21.3 Å². The summed E-state index contributed by atoms with van der Waals surface area (Å²) in [5.74, 6) is 1.01. The maximum atomic E-state index is 13.6. The molecule has 196 valence electrons. The summed E-state index contributed by atoms with van der Waals surface area (Å²) in [6.45, 7) is 3.45. The highest BCUT2D eigenvalue weighted by Gasteiger charge is 2.32. The van der Waals surface area contributed by atoms with Crippen molar-refractivity contribution in [3.05, 3.63) is 54.4 Å². The molecule has 0 amide bonds. The molecule has 3 aromatic heterocycles. The minimum atomic E-state index is -3.74. The second-order valence-corrected chi connectivity index (χ2v) is 10.8. The summed E-state index contributed by atoms with van der Waals surface area (Å²) >= 11 is 0. The number of benzene rings is 1.